The Kier molecular flexibility index (Phi) is 4.63. The van der Waals surface area contributed by atoms with Gasteiger partial charge in [-0.2, -0.15) is 5.10 Å². The Morgan fingerprint density at radius 1 is 1.47 bits per heavy atom. The minimum Gasteiger partial charge on any atom is -0.482 e. The normalized spacial score (nSPS) is 11.2. The highest BCUT2D eigenvalue weighted by Crippen LogP contribution is 2.13. The molecule has 1 N–H and O–H groups in total. The zero-order chi connectivity index (χ0) is 13.7. The van der Waals surface area contributed by atoms with Crippen molar-refractivity contribution in [1.29, 1.82) is 0 Å². The van der Waals surface area contributed by atoms with Crippen molar-refractivity contribution in [3.63, 3.8) is 0 Å². The Morgan fingerprint density at radius 3 is 3.00 bits per heavy atom. The van der Waals surface area contributed by atoms with E-state index in [4.69, 9.17) is 9.15 Å². The summed E-state index contributed by atoms with van der Waals surface area (Å²) < 4.78 is 12.9. The smallest absolute Gasteiger partial charge is 0.157 e. The zero-order valence-electron chi connectivity index (χ0n) is 11.7. The first kappa shape index (κ1) is 13.7. The minimum atomic E-state index is 0.428. The second kappa shape index (κ2) is 6.43. The number of rotatable bonds is 7. The molecule has 0 aromatic carbocycles. The molecule has 2 heterocycles. The van der Waals surface area contributed by atoms with Gasteiger partial charge in [0.05, 0.1) is 18.7 Å². The highest BCUT2D eigenvalue weighted by Gasteiger charge is 2.04. The molecular formula is C14H21N3O2. The molecular weight excluding hydrogens is 242 g/mol. The van der Waals surface area contributed by atoms with Crippen molar-refractivity contribution in [3.05, 3.63) is 36.0 Å². The van der Waals surface area contributed by atoms with Crippen LogP contribution in [0.5, 0.6) is 5.75 Å². The van der Waals surface area contributed by atoms with Gasteiger partial charge >= 0.3 is 0 Å². The number of nitrogens with one attached hydrogen (secondary N) is 1. The van der Waals surface area contributed by atoms with Crippen molar-refractivity contribution in [2.45, 2.75) is 46.5 Å². The Labute approximate surface area is 113 Å². The van der Waals surface area contributed by atoms with E-state index < -0.39 is 0 Å². The van der Waals surface area contributed by atoms with E-state index in [2.05, 4.69) is 24.3 Å². The number of aryl methyl sites for hydroxylation is 1. The van der Waals surface area contributed by atoms with E-state index in [0.29, 0.717) is 12.6 Å². The van der Waals surface area contributed by atoms with Crippen LogP contribution in [0.25, 0.3) is 0 Å². The predicted octanol–water partition coefficient (Wildman–Crippen LogP) is 2.57. The molecule has 0 aliphatic rings. The van der Waals surface area contributed by atoms with Crippen LogP contribution >= 0.6 is 0 Å². The summed E-state index contributed by atoms with van der Waals surface area (Å²) >= 11 is 0. The highest BCUT2D eigenvalue weighted by atomic mass is 16.5. The lowest BCUT2D eigenvalue weighted by Crippen LogP contribution is -2.21. The van der Waals surface area contributed by atoms with E-state index in [0.717, 1.165) is 30.2 Å². The van der Waals surface area contributed by atoms with E-state index in [-0.39, 0.29) is 0 Å². The van der Waals surface area contributed by atoms with Gasteiger partial charge in [0.1, 0.15) is 12.4 Å². The van der Waals surface area contributed by atoms with Gasteiger partial charge in [0.25, 0.3) is 0 Å². The average Bonchev–Trinajstić information content (AvgIpc) is 3.03. The number of hydrogen-bond donors (Lipinski definition) is 1. The third-order valence-electron chi connectivity index (χ3n) is 2.74. The second-order valence-corrected chi connectivity index (χ2v) is 4.78. The lowest BCUT2D eigenvalue weighted by Gasteiger charge is -2.04. The maximum Gasteiger partial charge on any atom is 0.157 e. The van der Waals surface area contributed by atoms with Gasteiger partial charge < -0.3 is 14.5 Å². The van der Waals surface area contributed by atoms with Gasteiger partial charge in [-0.05, 0) is 13.0 Å². The van der Waals surface area contributed by atoms with Crippen LogP contribution in [0.4, 0.5) is 0 Å². The fourth-order valence-electron chi connectivity index (χ4n) is 1.66. The summed E-state index contributed by atoms with van der Waals surface area (Å²) in [6, 6.07) is 2.48. The van der Waals surface area contributed by atoms with Crippen LogP contribution < -0.4 is 10.1 Å². The summed E-state index contributed by atoms with van der Waals surface area (Å²) in [5.74, 6) is 1.59. The lowest BCUT2D eigenvalue weighted by molar-refractivity contribution is 0.270. The van der Waals surface area contributed by atoms with Gasteiger partial charge in [0.2, 0.25) is 0 Å². The summed E-state index contributed by atoms with van der Waals surface area (Å²) in [6.45, 7) is 8.36. The molecule has 0 amide bonds. The van der Waals surface area contributed by atoms with Crippen LogP contribution in [-0.4, -0.2) is 15.8 Å². The summed E-state index contributed by atoms with van der Waals surface area (Å²) in [4.78, 5) is 0. The molecule has 0 atom stereocenters. The summed E-state index contributed by atoms with van der Waals surface area (Å²) in [7, 11) is 0. The number of furan rings is 1. The molecule has 0 spiro atoms. The Bertz CT molecular complexity index is 502. The van der Waals surface area contributed by atoms with Crippen LogP contribution in [0, 0.1) is 0 Å². The Balaban J connectivity index is 1.82. The highest BCUT2D eigenvalue weighted by molar-refractivity contribution is 5.15. The number of hydrogen-bond acceptors (Lipinski definition) is 4. The molecule has 0 fully saturated rings. The molecule has 0 bridgehead atoms. The maximum absolute atomic E-state index is 5.62. The van der Waals surface area contributed by atoms with Crippen molar-refractivity contribution in [2.75, 3.05) is 0 Å². The van der Waals surface area contributed by atoms with E-state index in [1.807, 2.05) is 23.9 Å². The second-order valence-electron chi connectivity index (χ2n) is 4.78. The number of nitrogens with zero attached hydrogens (tertiary/aromatic N) is 2. The third-order valence-corrected chi connectivity index (χ3v) is 2.74. The molecule has 0 aliphatic heterocycles. The fraction of sp³-hybridized carbons (Fsp3) is 0.500. The summed E-state index contributed by atoms with van der Waals surface area (Å²) in [5.41, 5.74) is 1.14. The molecule has 0 radical (unpaired) electrons. The fourth-order valence-corrected chi connectivity index (χ4v) is 1.66. The first-order valence-electron chi connectivity index (χ1n) is 6.62. The topological polar surface area (TPSA) is 52.2 Å². The minimum absolute atomic E-state index is 0.428. The van der Waals surface area contributed by atoms with Gasteiger partial charge in [-0.15, -0.1) is 0 Å². The summed E-state index contributed by atoms with van der Waals surface area (Å²) in [5, 5.41) is 7.50. The van der Waals surface area contributed by atoms with Gasteiger partial charge in [0, 0.05) is 24.7 Å². The molecule has 2 aromatic rings. The molecule has 104 valence electrons. The largest absolute Gasteiger partial charge is 0.482 e. The van der Waals surface area contributed by atoms with Gasteiger partial charge in [-0.25, -0.2) is 0 Å². The van der Waals surface area contributed by atoms with Gasteiger partial charge in [-0.3, -0.25) is 4.68 Å². The summed E-state index contributed by atoms with van der Waals surface area (Å²) in [6.07, 6.45) is 5.36. The number of ether oxygens (including phenoxy) is 1. The molecule has 2 aromatic heterocycles. The van der Waals surface area contributed by atoms with Crippen LogP contribution in [-0.2, 0) is 19.7 Å². The van der Waals surface area contributed by atoms with Gasteiger partial charge in [0.15, 0.2) is 5.75 Å². The lowest BCUT2D eigenvalue weighted by atomic mass is 10.3. The molecule has 19 heavy (non-hydrogen) atoms. The van der Waals surface area contributed by atoms with E-state index >= 15 is 0 Å². The SMILES string of the molecule is CCn1cc(OCc2cc(CNC(C)C)co2)cn1. The standard InChI is InChI=1S/C14H21N3O2/c1-4-17-8-14(7-16-17)19-10-13-5-12(9-18-13)6-15-11(2)3/h5,7-9,11,15H,4,6,10H2,1-3H3. The van der Waals surface area contributed by atoms with Crippen molar-refractivity contribution in [1.82, 2.24) is 15.1 Å². The van der Waals surface area contributed by atoms with Crippen molar-refractivity contribution < 1.29 is 9.15 Å². The first-order chi connectivity index (χ1) is 9.17. The molecule has 5 nitrogen and oxygen atoms in total. The average molecular weight is 263 g/mol. The van der Waals surface area contributed by atoms with E-state index in [9.17, 15) is 0 Å². The van der Waals surface area contributed by atoms with Crippen molar-refractivity contribution in [2.24, 2.45) is 0 Å². The molecule has 0 aliphatic carbocycles. The zero-order valence-corrected chi connectivity index (χ0v) is 11.7. The van der Waals surface area contributed by atoms with Gasteiger partial charge in [-0.1, -0.05) is 13.8 Å². The molecule has 5 heteroatoms. The van der Waals surface area contributed by atoms with Crippen LogP contribution in [0.1, 0.15) is 32.1 Å². The predicted molar refractivity (Wildman–Crippen MR) is 72.9 cm³/mol. The van der Waals surface area contributed by atoms with Crippen LogP contribution in [0.2, 0.25) is 0 Å². The van der Waals surface area contributed by atoms with Crippen LogP contribution in [0.15, 0.2) is 29.1 Å². The van der Waals surface area contributed by atoms with E-state index in [1.54, 1.807) is 12.5 Å². The quantitative estimate of drug-likeness (QED) is 0.834. The molecule has 0 saturated heterocycles. The molecule has 0 saturated carbocycles. The Morgan fingerprint density at radius 2 is 2.32 bits per heavy atom. The van der Waals surface area contributed by atoms with Crippen LogP contribution in [0.3, 0.4) is 0 Å². The monoisotopic (exact) mass is 263 g/mol. The van der Waals surface area contributed by atoms with Crippen molar-refractivity contribution in [3.8, 4) is 5.75 Å². The Hall–Kier alpha value is -1.75. The maximum atomic E-state index is 5.62. The molecule has 0 unspecified atom stereocenters. The first-order valence-corrected chi connectivity index (χ1v) is 6.62. The van der Waals surface area contributed by atoms with Crippen molar-refractivity contribution >= 4 is 0 Å². The number of aromatic nitrogens is 2. The third kappa shape index (κ3) is 4.13. The van der Waals surface area contributed by atoms with E-state index in [1.165, 1.54) is 0 Å². The molecule has 2 rings (SSSR count).